The molecule has 168 valence electrons. The largest absolute Gasteiger partial charge is 0.394 e. The van der Waals surface area contributed by atoms with Gasteiger partial charge in [-0.1, -0.05) is 28.8 Å². The van der Waals surface area contributed by atoms with Gasteiger partial charge in [-0.3, -0.25) is 5.43 Å². The Labute approximate surface area is 189 Å². The monoisotopic (exact) mass is 458 g/mol. The van der Waals surface area contributed by atoms with Crippen LogP contribution in [0.4, 0.5) is 17.6 Å². The molecule has 2 aromatic heterocycles. The lowest BCUT2D eigenvalue weighted by Gasteiger charge is -2.28. The number of nitrogens with one attached hydrogen (secondary N) is 2. The predicted octanol–water partition coefficient (Wildman–Crippen LogP) is 1.00. The number of aliphatic hydroxyl groups is 1. The number of halogens is 1. The summed E-state index contributed by atoms with van der Waals surface area (Å²) in [5, 5.41) is 28.6. The first-order chi connectivity index (χ1) is 15.7. The second-order valence-corrected chi connectivity index (χ2v) is 7.29. The molecule has 1 aromatic carbocycles. The van der Waals surface area contributed by atoms with Gasteiger partial charge in [-0.05, 0) is 28.1 Å². The summed E-state index contributed by atoms with van der Waals surface area (Å²) in [5.41, 5.74) is 3.88. The Kier molecular flexibility index (Phi) is 7.38. The maximum atomic E-state index is 9.13. The number of morpholine rings is 1. The van der Waals surface area contributed by atoms with E-state index in [1.165, 1.54) is 4.68 Å². The van der Waals surface area contributed by atoms with Crippen LogP contribution >= 0.6 is 11.6 Å². The van der Waals surface area contributed by atoms with Crippen LogP contribution in [0.5, 0.6) is 0 Å². The van der Waals surface area contributed by atoms with E-state index in [0.717, 1.165) is 24.5 Å². The lowest BCUT2D eigenvalue weighted by molar-refractivity contribution is 0.122. The molecule has 3 aromatic rings. The Balaban J connectivity index is 1.50. The van der Waals surface area contributed by atoms with Gasteiger partial charge in [-0.25, -0.2) is 14.6 Å². The molecule has 0 atom stereocenters. The number of hydrazone groups is 1. The molecule has 0 bridgehead atoms. The van der Waals surface area contributed by atoms with Gasteiger partial charge in [0.1, 0.15) is 5.82 Å². The minimum Gasteiger partial charge on any atom is -0.394 e. The third kappa shape index (κ3) is 5.87. The number of benzene rings is 1. The standard InChI is InChI=1S/C19H23ClN10O2/c20-15-3-1-14(2-4-15)12-22-25-16-11-18(29-6-9-32-10-7-29)24-17(23-16)13-21-19-26-27-28-30(19)5-8-31/h1-4,11-12,31H,5-10,13H2,(H,21,26,28)(H,23,24,25)/b22-12+. The molecule has 1 fully saturated rings. The van der Waals surface area contributed by atoms with E-state index < -0.39 is 0 Å². The number of aromatic nitrogens is 6. The second kappa shape index (κ2) is 10.8. The van der Waals surface area contributed by atoms with Crippen molar-refractivity contribution in [1.29, 1.82) is 0 Å². The van der Waals surface area contributed by atoms with E-state index in [-0.39, 0.29) is 13.2 Å². The summed E-state index contributed by atoms with van der Waals surface area (Å²) >= 11 is 5.92. The topological polar surface area (TPSA) is 138 Å². The van der Waals surface area contributed by atoms with Gasteiger partial charge in [-0.2, -0.15) is 5.10 Å². The van der Waals surface area contributed by atoms with Crippen LogP contribution in [0.3, 0.4) is 0 Å². The van der Waals surface area contributed by atoms with Crippen molar-refractivity contribution in [3.63, 3.8) is 0 Å². The lowest BCUT2D eigenvalue weighted by Crippen LogP contribution is -2.37. The highest BCUT2D eigenvalue weighted by Gasteiger charge is 2.15. The van der Waals surface area contributed by atoms with Gasteiger partial charge in [0, 0.05) is 24.2 Å². The zero-order valence-electron chi connectivity index (χ0n) is 17.2. The quantitative estimate of drug-likeness (QED) is 0.314. The van der Waals surface area contributed by atoms with Gasteiger partial charge in [0.2, 0.25) is 5.95 Å². The maximum Gasteiger partial charge on any atom is 0.243 e. The van der Waals surface area contributed by atoms with Crippen molar-refractivity contribution in [2.75, 3.05) is 48.6 Å². The first kappa shape index (κ1) is 21.9. The number of tetrazole rings is 1. The van der Waals surface area contributed by atoms with Crippen LogP contribution in [0, 0.1) is 0 Å². The molecule has 0 saturated carbocycles. The first-order valence-corrected chi connectivity index (χ1v) is 10.5. The smallest absolute Gasteiger partial charge is 0.243 e. The molecule has 0 unspecified atom stereocenters. The van der Waals surface area contributed by atoms with Crippen molar-refractivity contribution >= 4 is 35.4 Å². The van der Waals surface area contributed by atoms with E-state index in [9.17, 15) is 0 Å². The molecule has 3 heterocycles. The summed E-state index contributed by atoms with van der Waals surface area (Å²) in [7, 11) is 0. The van der Waals surface area contributed by atoms with Crippen molar-refractivity contribution in [2.24, 2.45) is 5.10 Å². The average Bonchev–Trinajstić information content (AvgIpc) is 3.27. The van der Waals surface area contributed by atoms with Crippen LogP contribution in [0.1, 0.15) is 11.4 Å². The lowest BCUT2D eigenvalue weighted by atomic mass is 10.2. The molecule has 0 spiro atoms. The third-order valence-electron chi connectivity index (χ3n) is 4.61. The maximum absolute atomic E-state index is 9.13. The Morgan fingerprint density at radius 2 is 2.00 bits per heavy atom. The number of anilines is 3. The van der Waals surface area contributed by atoms with E-state index >= 15 is 0 Å². The van der Waals surface area contributed by atoms with Crippen LogP contribution in [0.15, 0.2) is 35.4 Å². The number of hydrogen-bond donors (Lipinski definition) is 3. The molecule has 1 aliphatic rings. The molecule has 1 saturated heterocycles. The van der Waals surface area contributed by atoms with Crippen LogP contribution in [-0.4, -0.2) is 74.4 Å². The second-order valence-electron chi connectivity index (χ2n) is 6.85. The molecule has 0 aliphatic carbocycles. The van der Waals surface area contributed by atoms with Crippen LogP contribution < -0.4 is 15.6 Å². The van der Waals surface area contributed by atoms with E-state index in [0.29, 0.717) is 42.4 Å². The minimum absolute atomic E-state index is 0.0670. The molecule has 4 rings (SSSR count). The predicted molar refractivity (Wildman–Crippen MR) is 120 cm³/mol. The number of rotatable bonds is 9. The molecule has 12 nitrogen and oxygen atoms in total. The molecule has 0 radical (unpaired) electrons. The van der Waals surface area contributed by atoms with E-state index in [2.05, 4.69) is 46.2 Å². The highest BCUT2D eigenvalue weighted by molar-refractivity contribution is 6.30. The fraction of sp³-hybridized carbons (Fsp3) is 0.368. The van der Waals surface area contributed by atoms with E-state index in [4.69, 9.17) is 21.4 Å². The molecule has 13 heteroatoms. The summed E-state index contributed by atoms with van der Waals surface area (Å²) in [6.45, 7) is 3.28. The summed E-state index contributed by atoms with van der Waals surface area (Å²) in [4.78, 5) is 11.4. The summed E-state index contributed by atoms with van der Waals surface area (Å²) in [6.07, 6.45) is 1.69. The Morgan fingerprint density at radius 1 is 1.19 bits per heavy atom. The third-order valence-corrected chi connectivity index (χ3v) is 4.86. The van der Waals surface area contributed by atoms with Crippen LogP contribution in [-0.2, 0) is 17.8 Å². The molecular weight excluding hydrogens is 436 g/mol. The highest BCUT2D eigenvalue weighted by atomic mass is 35.5. The minimum atomic E-state index is -0.0670. The Hall–Kier alpha value is -3.35. The first-order valence-electron chi connectivity index (χ1n) is 10.1. The van der Waals surface area contributed by atoms with Crippen LogP contribution in [0.25, 0.3) is 0 Å². The van der Waals surface area contributed by atoms with Gasteiger partial charge in [0.05, 0.1) is 39.1 Å². The van der Waals surface area contributed by atoms with Crippen molar-refractivity contribution < 1.29 is 9.84 Å². The fourth-order valence-electron chi connectivity index (χ4n) is 3.03. The van der Waals surface area contributed by atoms with Crippen LogP contribution in [0.2, 0.25) is 5.02 Å². The molecular formula is C19H23ClN10O2. The van der Waals surface area contributed by atoms with Crippen molar-refractivity contribution in [2.45, 2.75) is 13.1 Å². The fourth-order valence-corrected chi connectivity index (χ4v) is 3.16. The van der Waals surface area contributed by atoms with Gasteiger partial charge in [0.25, 0.3) is 0 Å². The number of nitrogens with zero attached hydrogens (tertiary/aromatic N) is 8. The van der Waals surface area contributed by atoms with E-state index in [1.54, 1.807) is 18.3 Å². The number of ether oxygens (including phenoxy) is 1. The van der Waals surface area contributed by atoms with E-state index in [1.807, 2.05) is 18.2 Å². The Bertz CT molecular complexity index is 1040. The van der Waals surface area contributed by atoms with Gasteiger partial charge in [-0.15, -0.1) is 0 Å². The van der Waals surface area contributed by atoms with Gasteiger partial charge < -0.3 is 20.1 Å². The van der Waals surface area contributed by atoms with Crippen molar-refractivity contribution in [3.8, 4) is 0 Å². The summed E-state index contributed by atoms with van der Waals surface area (Å²) < 4.78 is 6.92. The van der Waals surface area contributed by atoms with Gasteiger partial charge in [0.15, 0.2) is 11.6 Å². The molecule has 3 N–H and O–H groups in total. The Morgan fingerprint density at radius 3 is 2.78 bits per heavy atom. The zero-order valence-corrected chi connectivity index (χ0v) is 18.0. The molecule has 1 aliphatic heterocycles. The summed E-state index contributed by atoms with van der Waals surface area (Å²) in [5.74, 6) is 2.30. The normalized spacial score (nSPS) is 14.1. The number of hydrogen-bond acceptors (Lipinski definition) is 11. The highest BCUT2D eigenvalue weighted by Crippen LogP contribution is 2.18. The van der Waals surface area contributed by atoms with Crippen molar-refractivity contribution in [3.05, 3.63) is 46.7 Å². The molecule has 0 amide bonds. The number of aliphatic hydroxyl groups excluding tert-OH is 1. The summed E-state index contributed by atoms with van der Waals surface area (Å²) in [6, 6.07) is 9.21. The molecule has 32 heavy (non-hydrogen) atoms. The van der Waals surface area contributed by atoms with Crippen molar-refractivity contribution in [1.82, 2.24) is 30.2 Å². The SMILES string of the molecule is OCCn1nnnc1NCc1nc(N/N=C/c2ccc(Cl)cc2)cc(N2CCOCC2)n1. The van der Waals surface area contributed by atoms with Gasteiger partial charge >= 0.3 is 0 Å². The zero-order chi connectivity index (χ0) is 22.2. The average molecular weight is 459 g/mol.